The Hall–Kier alpha value is -1.36. The van der Waals surface area contributed by atoms with Gasteiger partial charge in [-0.2, -0.15) is 0 Å². The second-order valence-corrected chi connectivity index (χ2v) is 4.48. The maximum atomic E-state index is 11.2. The topological polar surface area (TPSA) is 49.3 Å². The van der Waals surface area contributed by atoms with Gasteiger partial charge in [-0.3, -0.25) is 4.79 Å². The first-order valence-corrected chi connectivity index (χ1v) is 5.95. The highest BCUT2D eigenvalue weighted by atomic mass is 35.5. The molecule has 6 heteroatoms. The zero-order chi connectivity index (χ0) is 12.4. The van der Waals surface area contributed by atoms with Crippen LogP contribution < -0.4 is 4.90 Å². The molecule has 0 atom stereocenters. The molecule has 2 heterocycles. The molecule has 0 aromatic carbocycles. The number of anilines is 1. The Morgan fingerprint density at radius 2 is 2.00 bits per heavy atom. The summed E-state index contributed by atoms with van der Waals surface area (Å²) in [5.74, 6) is 0.996. The number of aromatic nitrogens is 2. The lowest BCUT2D eigenvalue weighted by atomic mass is 10.2. The highest BCUT2D eigenvalue weighted by Crippen LogP contribution is 2.19. The first-order chi connectivity index (χ1) is 8.08. The van der Waals surface area contributed by atoms with Gasteiger partial charge in [-0.15, -0.1) is 0 Å². The number of aryl methyl sites for hydroxylation is 1. The number of hydrogen-bond donors (Lipinski definition) is 0. The molecule has 0 radical (unpaired) electrons. The van der Waals surface area contributed by atoms with Gasteiger partial charge in [-0.05, 0) is 18.5 Å². The van der Waals surface area contributed by atoms with E-state index in [0.29, 0.717) is 0 Å². The molecule has 0 N–H and O–H groups in total. The van der Waals surface area contributed by atoms with Gasteiger partial charge in [0.25, 0.3) is 0 Å². The fraction of sp³-hybridized carbons (Fsp3) is 0.545. The number of nitrogens with zero attached hydrogens (tertiary/aromatic N) is 4. The molecule has 0 unspecified atom stereocenters. The molecular weight excluding hydrogens is 240 g/mol. The van der Waals surface area contributed by atoms with E-state index in [1.165, 1.54) is 0 Å². The molecule has 17 heavy (non-hydrogen) atoms. The minimum atomic E-state index is 0.127. The normalized spacial score (nSPS) is 16.2. The molecule has 0 bridgehead atoms. The molecule has 1 fully saturated rings. The Kier molecular flexibility index (Phi) is 3.47. The van der Waals surface area contributed by atoms with Crippen molar-refractivity contribution in [2.45, 2.75) is 13.8 Å². The third-order valence-electron chi connectivity index (χ3n) is 2.94. The Morgan fingerprint density at radius 1 is 1.35 bits per heavy atom. The van der Waals surface area contributed by atoms with Gasteiger partial charge < -0.3 is 9.80 Å². The van der Waals surface area contributed by atoms with E-state index in [1.807, 2.05) is 11.8 Å². The van der Waals surface area contributed by atoms with E-state index in [4.69, 9.17) is 11.6 Å². The fourth-order valence-corrected chi connectivity index (χ4v) is 2.09. The number of piperazine rings is 1. The quantitative estimate of drug-likeness (QED) is 0.705. The SMILES string of the molecule is CC(=O)N1CCN(c2nc(Cl)ncc2C)CC1. The van der Waals surface area contributed by atoms with Crippen LogP contribution in [-0.2, 0) is 4.79 Å². The maximum absolute atomic E-state index is 11.2. The van der Waals surface area contributed by atoms with Crippen LogP contribution >= 0.6 is 11.6 Å². The van der Waals surface area contributed by atoms with Gasteiger partial charge in [0.05, 0.1) is 0 Å². The van der Waals surface area contributed by atoms with Crippen molar-refractivity contribution in [3.8, 4) is 0 Å². The minimum Gasteiger partial charge on any atom is -0.353 e. The predicted octanol–water partition coefficient (Wildman–Crippen LogP) is 1.11. The number of hydrogen-bond acceptors (Lipinski definition) is 4. The lowest BCUT2D eigenvalue weighted by Gasteiger charge is -2.35. The number of carbonyl (C=O) groups excluding carboxylic acids is 1. The van der Waals surface area contributed by atoms with Crippen LogP contribution in [0.25, 0.3) is 0 Å². The zero-order valence-corrected chi connectivity index (χ0v) is 10.7. The molecule has 0 saturated carbocycles. The van der Waals surface area contributed by atoms with E-state index < -0.39 is 0 Å². The van der Waals surface area contributed by atoms with Gasteiger partial charge in [-0.25, -0.2) is 9.97 Å². The van der Waals surface area contributed by atoms with Crippen LogP contribution in [0.15, 0.2) is 6.20 Å². The van der Waals surface area contributed by atoms with E-state index >= 15 is 0 Å². The summed E-state index contributed by atoms with van der Waals surface area (Å²) in [6.45, 7) is 6.60. The smallest absolute Gasteiger partial charge is 0.224 e. The largest absolute Gasteiger partial charge is 0.353 e. The summed E-state index contributed by atoms with van der Waals surface area (Å²) in [5.41, 5.74) is 1.01. The van der Waals surface area contributed by atoms with E-state index in [2.05, 4.69) is 14.9 Å². The van der Waals surface area contributed by atoms with Crippen LogP contribution in [0.3, 0.4) is 0 Å². The van der Waals surface area contributed by atoms with Crippen molar-refractivity contribution < 1.29 is 4.79 Å². The lowest BCUT2D eigenvalue weighted by Crippen LogP contribution is -2.48. The highest BCUT2D eigenvalue weighted by Gasteiger charge is 2.20. The van der Waals surface area contributed by atoms with E-state index in [-0.39, 0.29) is 11.2 Å². The van der Waals surface area contributed by atoms with E-state index in [9.17, 15) is 4.79 Å². The molecule has 1 aliphatic rings. The molecule has 1 aromatic heterocycles. The van der Waals surface area contributed by atoms with Gasteiger partial charge in [0, 0.05) is 44.9 Å². The van der Waals surface area contributed by atoms with Crippen LogP contribution in [0.4, 0.5) is 5.82 Å². The zero-order valence-electron chi connectivity index (χ0n) is 9.98. The van der Waals surface area contributed by atoms with Crippen molar-refractivity contribution >= 4 is 23.3 Å². The number of amides is 1. The van der Waals surface area contributed by atoms with Crippen LogP contribution in [0.5, 0.6) is 0 Å². The van der Waals surface area contributed by atoms with Gasteiger partial charge >= 0.3 is 0 Å². The summed E-state index contributed by atoms with van der Waals surface area (Å²) in [5, 5.41) is 0.264. The van der Waals surface area contributed by atoms with Crippen molar-refractivity contribution in [1.82, 2.24) is 14.9 Å². The standard InChI is InChI=1S/C11H15ClN4O/c1-8-7-13-11(12)14-10(8)16-5-3-15(4-6-16)9(2)17/h7H,3-6H2,1-2H3. The number of rotatable bonds is 1. The molecule has 1 saturated heterocycles. The summed E-state index contributed by atoms with van der Waals surface area (Å²) >= 11 is 5.80. The highest BCUT2D eigenvalue weighted by molar-refractivity contribution is 6.28. The molecule has 0 spiro atoms. The summed E-state index contributed by atoms with van der Waals surface area (Å²) in [6, 6.07) is 0. The van der Waals surface area contributed by atoms with Gasteiger partial charge in [-0.1, -0.05) is 0 Å². The second-order valence-electron chi connectivity index (χ2n) is 4.14. The minimum absolute atomic E-state index is 0.127. The third kappa shape index (κ3) is 2.66. The average molecular weight is 255 g/mol. The van der Waals surface area contributed by atoms with Gasteiger partial charge in [0.1, 0.15) is 5.82 Å². The molecule has 1 amide bonds. The van der Waals surface area contributed by atoms with Crippen molar-refractivity contribution in [2.24, 2.45) is 0 Å². The summed E-state index contributed by atoms with van der Waals surface area (Å²) in [7, 11) is 0. The van der Waals surface area contributed by atoms with E-state index in [0.717, 1.165) is 37.6 Å². The average Bonchev–Trinajstić information content (AvgIpc) is 2.32. The Balaban J connectivity index is 2.10. The summed E-state index contributed by atoms with van der Waals surface area (Å²) < 4.78 is 0. The maximum Gasteiger partial charge on any atom is 0.224 e. The fourth-order valence-electron chi connectivity index (χ4n) is 1.97. The first kappa shape index (κ1) is 12.1. The number of halogens is 1. The Bertz CT molecular complexity index is 429. The molecule has 2 rings (SSSR count). The van der Waals surface area contributed by atoms with E-state index in [1.54, 1.807) is 13.1 Å². The third-order valence-corrected chi connectivity index (χ3v) is 3.12. The Morgan fingerprint density at radius 3 is 2.59 bits per heavy atom. The molecular formula is C11H15ClN4O. The van der Waals surface area contributed by atoms with Gasteiger partial charge in [0.2, 0.25) is 11.2 Å². The van der Waals surface area contributed by atoms with Crippen LogP contribution in [0.1, 0.15) is 12.5 Å². The van der Waals surface area contributed by atoms with Crippen molar-refractivity contribution in [3.63, 3.8) is 0 Å². The predicted molar refractivity (Wildman–Crippen MR) is 66.2 cm³/mol. The van der Waals surface area contributed by atoms with Crippen LogP contribution in [0, 0.1) is 6.92 Å². The first-order valence-electron chi connectivity index (χ1n) is 5.57. The molecule has 92 valence electrons. The lowest BCUT2D eigenvalue weighted by molar-refractivity contribution is -0.129. The molecule has 1 aliphatic heterocycles. The summed E-state index contributed by atoms with van der Waals surface area (Å²) in [6.07, 6.45) is 1.72. The molecule has 5 nitrogen and oxygen atoms in total. The Labute approximate surface area is 105 Å². The van der Waals surface area contributed by atoms with Gasteiger partial charge in [0.15, 0.2) is 0 Å². The molecule has 1 aromatic rings. The van der Waals surface area contributed by atoms with Crippen molar-refractivity contribution in [2.75, 3.05) is 31.1 Å². The van der Waals surface area contributed by atoms with Crippen LogP contribution in [-0.4, -0.2) is 47.0 Å². The second kappa shape index (κ2) is 4.87. The molecule has 0 aliphatic carbocycles. The van der Waals surface area contributed by atoms with Crippen molar-refractivity contribution in [3.05, 3.63) is 17.0 Å². The number of carbonyl (C=O) groups is 1. The monoisotopic (exact) mass is 254 g/mol. The summed E-state index contributed by atoms with van der Waals surface area (Å²) in [4.78, 5) is 23.4. The van der Waals surface area contributed by atoms with Crippen molar-refractivity contribution in [1.29, 1.82) is 0 Å². The van der Waals surface area contributed by atoms with Crippen LogP contribution in [0.2, 0.25) is 5.28 Å².